The molecule has 2 amide bonds. The van der Waals surface area contributed by atoms with Crippen molar-refractivity contribution >= 4 is 40.6 Å². The predicted molar refractivity (Wildman–Crippen MR) is 255 cm³/mol. The molecule has 2 aliphatic carbocycles. The summed E-state index contributed by atoms with van der Waals surface area (Å²) >= 11 is 0. The van der Waals surface area contributed by atoms with Gasteiger partial charge in [0.1, 0.15) is 23.3 Å². The van der Waals surface area contributed by atoms with Crippen molar-refractivity contribution in [1.82, 2.24) is 35.0 Å². The Bertz CT molecular complexity index is 2680. The number of hydrogen-bond acceptors (Lipinski definition) is 12. The lowest BCUT2D eigenvalue weighted by Gasteiger charge is -2.56. The number of likely N-dealkylation sites (tertiary alicyclic amines) is 1. The Kier molecular flexibility index (Phi) is 12.9. The zero-order valence-electron chi connectivity index (χ0n) is 39.1. The minimum absolute atomic E-state index is 0.0372. The van der Waals surface area contributed by atoms with Crippen molar-refractivity contribution in [3.8, 4) is 22.9 Å². The summed E-state index contributed by atoms with van der Waals surface area (Å²) in [5.41, 5.74) is 5.46. The number of likely N-dealkylation sites (N-methyl/N-ethyl adjacent to an activating group) is 1. The Balaban J connectivity index is 0.000000180. The number of piperidine rings is 1. The number of ether oxygens (including phenoxy) is 3. The number of anilines is 1. The van der Waals surface area contributed by atoms with Crippen molar-refractivity contribution in [2.75, 3.05) is 51.6 Å². The van der Waals surface area contributed by atoms with Crippen LogP contribution in [-0.2, 0) is 37.4 Å². The molecule has 2 fully saturated rings. The highest BCUT2D eigenvalue weighted by Crippen LogP contribution is 2.62. The molecule has 5 heterocycles. The highest BCUT2D eigenvalue weighted by atomic mass is 16.6. The van der Waals surface area contributed by atoms with Crippen LogP contribution in [0.5, 0.6) is 11.5 Å². The molecule has 7 atom stereocenters. The van der Waals surface area contributed by atoms with E-state index in [9.17, 15) is 19.2 Å². The molecule has 15 nitrogen and oxygen atoms in total. The number of nitrogens with zero attached hydrogens (tertiary/aromatic N) is 5. The van der Waals surface area contributed by atoms with E-state index in [1.807, 2.05) is 59.5 Å². The Morgan fingerprint density at radius 1 is 0.896 bits per heavy atom. The lowest BCUT2D eigenvalue weighted by atomic mass is 9.53. The number of aromatic nitrogens is 3. The van der Waals surface area contributed by atoms with E-state index in [0.29, 0.717) is 66.7 Å². The van der Waals surface area contributed by atoms with Crippen LogP contribution in [0.25, 0.3) is 22.4 Å². The summed E-state index contributed by atoms with van der Waals surface area (Å²) in [6.07, 6.45) is 6.30. The number of piperazine rings is 1. The van der Waals surface area contributed by atoms with Crippen molar-refractivity contribution in [3.05, 3.63) is 113 Å². The zero-order valence-corrected chi connectivity index (χ0v) is 39.1. The van der Waals surface area contributed by atoms with E-state index < -0.39 is 6.10 Å². The van der Waals surface area contributed by atoms with Gasteiger partial charge in [-0.3, -0.25) is 24.1 Å². The van der Waals surface area contributed by atoms with Gasteiger partial charge in [0.25, 0.3) is 5.91 Å². The molecule has 3 N–H and O–H groups in total. The Morgan fingerprint density at radius 2 is 1.63 bits per heavy atom. The van der Waals surface area contributed by atoms with E-state index >= 15 is 0 Å². The predicted octanol–water partition coefficient (Wildman–Crippen LogP) is 5.94. The molecule has 2 bridgehead atoms. The molecule has 2 saturated heterocycles. The van der Waals surface area contributed by atoms with Crippen LogP contribution >= 0.6 is 0 Å². The summed E-state index contributed by atoms with van der Waals surface area (Å²) in [6.45, 7) is 12.9. The first-order valence-corrected chi connectivity index (χ1v) is 23.4. The summed E-state index contributed by atoms with van der Waals surface area (Å²) in [5.74, 6) is 1.77. The SMILES string of the molecule is CC(=O)NCCNc1nc(-c2ccccc2)nc2[nH]c(C(=O)N3C[C@@H](C)N(CCc4ccccc4)[C@@H](C)C3)cc12.CC(=O)Oc1ccc2c3c1O[C@H]1[C@@H](OC(C)=O)C=C[C@H]4[C@@H](C2)N(C)CC[C@@]341. The summed E-state index contributed by atoms with van der Waals surface area (Å²) in [5, 5.41) is 6.85. The Morgan fingerprint density at radius 3 is 2.33 bits per heavy atom. The maximum absolute atomic E-state index is 13.7. The van der Waals surface area contributed by atoms with Crippen LogP contribution in [0, 0.1) is 5.92 Å². The first-order valence-electron chi connectivity index (χ1n) is 23.4. The molecule has 2 aromatic heterocycles. The molecule has 5 aromatic rings. The fourth-order valence-corrected chi connectivity index (χ4v) is 11.2. The topological polar surface area (TPSA) is 171 Å². The zero-order chi connectivity index (χ0) is 47.0. The van der Waals surface area contributed by atoms with E-state index in [1.165, 1.54) is 31.9 Å². The second kappa shape index (κ2) is 19.0. The molecule has 1 spiro atoms. The fourth-order valence-electron chi connectivity index (χ4n) is 11.2. The van der Waals surface area contributed by atoms with Gasteiger partial charge in [0.2, 0.25) is 5.91 Å². The largest absolute Gasteiger partial charge is 0.481 e. The monoisotopic (exact) mass is 908 g/mol. The first kappa shape index (κ1) is 45.6. The molecule has 67 heavy (non-hydrogen) atoms. The summed E-state index contributed by atoms with van der Waals surface area (Å²) in [6, 6.07) is 26.9. The van der Waals surface area contributed by atoms with Crippen molar-refractivity contribution in [1.29, 1.82) is 0 Å². The fraction of sp³-hybridized carbons (Fsp3) is 0.423. The quantitative estimate of drug-likeness (QED) is 0.0618. The average Bonchev–Trinajstić information content (AvgIpc) is 3.91. The van der Waals surface area contributed by atoms with Crippen LogP contribution < -0.4 is 20.1 Å². The lowest BCUT2D eigenvalue weighted by molar-refractivity contribution is -0.152. The lowest BCUT2D eigenvalue weighted by Crippen LogP contribution is -2.65. The van der Waals surface area contributed by atoms with E-state index in [-0.39, 0.29) is 53.3 Å². The van der Waals surface area contributed by atoms with Gasteiger partial charge in [-0.2, -0.15) is 0 Å². The van der Waals surface area contributed by atoms with Gasteiger partial charge in [0.05, 0.1) is 5.39 Å². The number of fused-ring (bicyclic) bond motifs is 1. The highest BCUT2D eigenvalue weighted by Gasteiger charge is 2.65. The van der Waals surface area contributed by atoms with Gasteiger partial charge >= 0.3 is 11.9 Å². The number of aromatic amines is 1. The molecule has 350 valence electrons. The van der Waals surface area contributed by atoms with Crippen molar-refractivity contribution in [2.24, 2.45) is 5.92 Å². The minimum Gasteiger partial charge on any atom is -0.481 e. The van der Waals surface area contributed by atoms with E-state index in [1.54, 1.807) is 0 Å². The van der Waals surface area contributed by atoms with Gasteiger partial charge in [-0.1, -0.05) is 72.8 Å². The third-order valence-corrected chi connectivity index (χ3v) is 14.1. The standard InChI is InChI=1S/C31H37N7O2.C21H23NO5/c1-21-19-37(20-22(2)38(21)17-14-24-10-6-4-7-11-24)31(40)27-18-26-29(33-16-15-32-23(3)39)35-28(36-30(26)34-27)25-12-8-5-9-13-25;1-11(23)25-16-6-4-13-10-15-14-5-7-17(26-12(2)24)20-21(14,8-9-22(15)3)18(13)19(16)27-20/h4-13,18,21-22H,14-17,19-20H2,1-3H3,(H,32,39)(H2,33,34,35,36);4-7,14-15,17,20H,8-10H2,1-3H3/t21-,22+;14-,15+,17-,20-,21-/m.0/s1. The van der Waals surface area contributed by atoms with E-state index in [2.05, 4.69) is 82.7 Å². The number of carbonyl (C=O) groups excluding carboxylic acids is 4. The second-order valence-corrected chi connectivity index (χ2v) is 18.6. The van der Waals surface area contributed by atoms with Gasteiger partial charge in [-0.05, 0) is 76.0 Å². The number of rotatable bonds is 11. The van der Waals surface area contributed by atoms with Crippen molar-refractivity contribution in [2.45, 2.75) is 89.6 Å². The van der Waals surface area contributed by atoms with Gasteiger partial charge in [0, 0.05) is 94.1 Å². The minimum atomic E-state index is -0.439. The smallest absolute Gasteiger partial charge is 0.308 e. The number of benzene rings is 3. The van der Waals surface area contributed by atoms with Gasteiger partial charge in [-0.25, -0.2) is 9.97 Å². The maximum atomic E-state index is 13.7. The highest BCUT2D eigenvalue weighted by molar-refractivity contribution is 6.00. The molecule has 3 aliphatic heterocycles. The maximum Gasteiger partial charge on any atom is 0.308 e. The van der Waals surface area contributed by atoms with Gasteiger partial charge in [0.15, 0.2) is 23.4 Å². The van der Waals surface area contributed by atoms with Crippen LogP contribution in [0.1, 0.15) is 68.2 Å². The molecular formula is C52H60N8O7. The average molecular weight is 909 g/mol. The third-order valence-electron chi connectivity index (χ3n) is 14.1. The summed E-state index contributed by atoms with van der Waals surface area (Å²) in [4.78, 5) is 67.9. The first-order chi connectivity index (χ1) is 32.3. The Hall–Kier alpha value is -6.58. The van der Waals surface area contributed by atoms with Crippen LogP contribution in [0.4, 0.5) is 5.82 Å². The van der Waals surface area contributed by atoms with Crippen LogP contribution in [-0.4, -0.2) is 130 Å². The number of amides is 2. The van der Waals surface area contributed by atoms with Gasteiger partial charge in [-0.15, -0.1) is 0 Å². The molecule has 3 aromatic carbocycles. The molecule has 5 aliphatic rings. The molecule has 10 rings (SSSR count). The van der Waals surface area contributed by atoms with Crippen molar-refractivity contribution in [3.63, 3.8) is 0 Å². The number of H-pyrrole nitrogens is 1. The molecular weight excluding hydrogens is 849 g/mol. The molecule has 15 heteroatoms. The normalized spacial score (nSPS) is 24.7. The van der Waals surface area contributed by atoms with Gasteiger partial charge < -0.3 is 39.6 Å². The molecule has 0 unspecified atom stereocenters. The van der Waals surface area contributed by atoms with Crippen LogP contribution in [0.2, 0.25) is 0 Å². The summed E-state index contributed by atoms with van der Waals surface area (Å²) in [7, 11) is 2.17. The number of carbonyl (C=O) groups is 4. The van der Waals surface area contributed by atoms with E-state index in [4.69, 9.17) is 24.2 Å². The summed E-state index contributed by atoms with van der Waals surface area (Å²) < 4.78 is 17.5. The van der Waals surface area contributed by atoms with Crippen LogP contribution in [0.3, 0.4) is 0 Å². The number of nitrogens with one attached hydrogen (secondary N) is 3. The second-order valence-electron chi connectivity index (χ2n) is 18.6. The Labute approximate surface area is 391 Å². The molecule has 0 saturated carbocycles. The van der Waals surface area contributed by atoms with Crippen LogP contribution in [0.15, 0.2) is 91.0 Å². The van der Waals surface area contributed by atoms with Crippen molar-refractivity contribution < 1.29 is 33.4 Å². The van der Waals surface area contributed by atoms with E-state index in [0.717, 1.165) is 48.9 Å². The number of hydrogen-bond donors (Lipinski definition) is 3. The third kappa shape index (κ3) is 9.01. The molecule has 0 radical (unpaired) electrons. The number of esters is 2.